The molecule has 0 aliphatic carbocycles. The average Bonchev–Trinajstić information content (AvgIpc) is 2.67. The van der Waals surface area contributed by atoms with E-state index in [4.69, 9.17) is 42.1 Å². The van der Waals surface area contributed by atoms with Gasteiger partial charge in [-0.05, 0) is 95.2 Å². The van der Waals surface area contributed by atoms with Crippen molar-refractivity contribution in [3.8, 4) is 0 Å². The summed E-state index contributed by atoms with van der Waals surface area (Å²) in [6, 6.07) is 1.85. The maximum atomic E-state index is 13.5. The Morgan fingerprint density at radius 1 is 0.500 bits per heavy atom. The Morgan fingerprint density at radius 3 is 0.976 bits per heavy atom. The lowest BCUT2D eigenvalue weighted by molar-refractivity contribution is 0.000954. The van der Waals surface area contributed by atoms with E-state index in [1.54, 1.807) is 0 Å². The van der Waals surface area contributed by atoms with Gasteiger partial charge in [-0.3, -0.25) is 9.59 Å². The molecule has 0 heterocycles. The van der Waals surface area contributed by atoms with E-state index in [2.05, 4.69) is 0 Å². The second-order valence-electron chi connectivity index (χ2n) is 13.0. The van der Waals surface area contributed by atoms with E-state index in [0.29, 0.717) is 0 Å². The molecule has 234 valence electrons. The molecule has 1 aromatic rings. The van der Waals surface area contributed by atoms with Gasteiger partial charge < -0.3 is 18.9 Å². The minimum absolute atomic E-state index is 0.0821. The van der Waals surface area contributed by atoms with E-state index in [9.17, 15) is 28.8 Å². The SMILES string of the molecule is CC(C)(C)OC(=O)N(C(=O)OC(C)(C)C)C(=O)c1cc(Cl)c(C(=O)N(C(=O)OC(C)(C)C)C(=O)OC(C)(C)C)c(Cl)c1. The van der Waals surface area contributed by atoms with Gasteiger partial charge in [0, 0.05) is 5.56 Å². The van der Waals surface area contributed by atoms with Crippen LogP contribution in [-0.4, -0.2) is 68.4 Å². The van der Waals surface area contributed by atoms with Crippen LogP contribution >= 0.6 is 23.2 Å². The molecule has 0 saturated carbocycles. The molecule has 0 radical (unpaired) electrons. The lowest BCUT2D eigenvalue weighted by Gasteiger charge is -2.28. The largest absolute Gasteiger partial charge is 0.443 e. The van der Waals surface area contributed by atoms with Crippen molar-refractivity contribution in [3.05, 3.63) is 33.3 Å². The Labute approximate surface area is 255 Å². The predicted molar refractivity (Wildman–Crippen MR) is 154 cm³/mol. The zero-order valence-corrected chi connectivity index (χ0v) is 27.4. The first-order chi connectivity index (χ1) is 18.6. The Balaban J connectivity index is 3.65. The third-order valence-corrected chi connectivity index (χ3v) is 4.81. The number of rotatable bonds is 2. The molecular weight excluding hydrogens is 595 g/mol. The summed E-state index contributed by atoms with van der Waals surface area (Å²) in [5.41, 5.74) is -5.36. The quantitative estimate of drug-likeness (QED) is 0.298. The summed E-state index contributed by atoms with van der Waals surface area (Å²) in [7, 11) is 0. The number of imide groups is 6. The molecule has 0 atom stereocenters. The standard InChI is InChI=1S/C28H38Cl2N2O10/c1-25(2,3)39-21(35)31(22(36)40-26(4,5)6)19(33)15-13-16(29)18(17(30)14-15)20(34)32(23(37)41-27(7,8)9)24(38)42-28(10,11)12/h13-14H,1-12H3. The number of carbonyl (C=O) groups excluding carboxylic acids is 6. The highest BCUT2D eigenvalue weighted by molar-refractivity contribution is 6.41. The van der Waals surface area contributed by atoms with Crippen molar-refractivity contribution in [3.63, 3.8) is 0 Å². The molecule has 0 aliphatic heterocycles. The Morgan fingerprint density at radius 2 is 0.738 bits per heavy atom. The monoisotopic (exact) mass is 632 g/mol. The number of amides is 6. The van der Waals surface area contributed by atoms with Crippen LogP contribution in [0.15, 0.2) is 12.1 Å². The number of hydrogen-bond donors (Lipinski definition) is 0. The van der Waals surface area contributed by atoms with E-state index >= 15 is 0 Å². The van der Waals surface area contributed by atoms with Crippen molar-refractivity contribution in [2.24, 2.45) is 0 Å². The second-order valence-corrected chi connectivity index (χ2v) is 13.8. The third kappa shape index (κ3) is 11.1. The molecule has 1 rings (SSSR count). The van der Waals surface area contributed by atoms with Gasteiger partial charge in [0.15, 0.2) is 0 Å². The highest BCUT2D eigenvalue weighted by atomic mass is 35.5. The maximum Gasteiger partial charge on any atom is 0.427 e. The van der Waals surface area contributed by atoms with Gasteiger partial charge in [0.25, 0.3) is 11.8 Å². The average molecular weight is 634 g/mol. The van der Waals surface area contributed by atoms with Gasteiger partial charge in [0.05, 0.1) is 15.6 Å². The fraction of sp³-hybridized carbons (Fsp3) is 0.571. The summed E-state index contributed by atoms with van der Waals surface area (Å²) in [6.45, 7) is 18.3. The molecule has 14 heteroatoms. The molecule has 0 N–H and O–H groups in total. The van der Waals surface area contributed by atoms with Crippen molar-refractivity contribution in [2.45, 2.75) is 105 Å². The van der Waals surface area contributed by atoms with Crippen LogP contribution in [0.1, 0.15) is 104 Å². The molecule has 0 unspecified atom stereocenters. The van der Waals surface area contributed by atoms with Crippen LogP contribution < -0.4 is 0 Å². The Hall–Kier alpha value is -3.38. The number of benzene rings is 1. The van der Waals surface area contributed by atoms with Crippen molar-refractivity contribution in [2.75, 3.05) is 0 Å². The number of carbonyl (C=O) groups is 6. The minimum atomic E-state index is -1.37. The number of nitrogens with zero attached hydrogens (tertiary/aromatic N) is 2. The first-order valence-electron chi connectivity index (χ1n) is 12.7. The maximum absolute atomic E-state index is 13.5. The van der Waals surface area contributed by atoms with E-state index in [1.807, 2.05) is 0 Å². The Bertz CT molecular complexity index is 1190. The molecule has 0 aromatic heterocycles. The number of halogens is 2. The molecule has 6 amide bonds. The van der Waals surface area contributed by atoms with Crippen LogP contribution in [0.25, 0.3) is 0 Å². The number of hydrogen-bond acceptors (Lipinski definition) is 10. The van der Waals surface area contributed by atoms with Crippen molar-refractivity contribution in [1.82, 2.24) is 9.80 Å². The van der Waals surface area contributed by atoms with Gasteiger partial charge in [-0.1, -0.05) is 23.2 Å². The number of ether oxygens (including phenoxy) is 4. The first-order valence-corrected chi connectivity index (χ1v) is 13.5. The predicted octanol–water partition coefficient (Wildman–Crippen LogP) is 7.62. The molecular formula is C28H38Cl2N2O10. The van der Waals surface area contributed by atoms with Crippen LogP contribution in [0, 0.1) is 0 Å². The molecule has 0 aliphatic rings. The Kier molecular flexibility index (Phi) is 11.2. The van der Waals surface area contributed by atoms with Gasteiger partial charge in [0.1, 0.15) is 22.4 Å². The topological polar surface area (TPSA) is 146 Å². The summed E-state index contributed by atoms with van der Waals surface area (Å²) in [5, 5.41) is -0.998. The van der Waals surface area contributed by atoms with Gasteiger partial charge >= 0.3 is 24.4 Å². The molecule has 0 saturated heterocycles. The molecule has 0 fully saturated rings. The summed E-state index contributed by atoms with van der Waals surface area (Å²) in [6.07, 6.45) is -5.41. The molecule has 42 heavy (non-hydrogen) atoms. The molecule has 0 spiro atoms. The summed E-state index contributed by atoms with van der Waals surface area (Å²) in [5.74, 6) is -2.55. The summed E-state index contributed by atoms with van der Waals surface area (Å²) < 4.78 is 20.8. The van der Waals surface area contributed by atoms with Gasteiger partial charge in [-0.15, -0.1) is 9.80 Å². The van der Waals surface area contributed by atoms with Gasteiger partial charge in [-0.2, -0.15) is 0 Å². The van der Waals surface area contributed by atoms with Crippen molar-refractivity contribution >= 4 is 59.4 Å². The fourth-order valence-electron chi connectivity index (χ4n) is 2.85. The highest BCUT2D eigenvalue weighted by Crippen LogP contribution is 2.30. The van der Waals surface area contributed by atoms with Crippen LogP contribution in [-0.2, 0) is 18.9 Å². The lowest BCUT2D eigenvalue weighted by Crippen LogP contribution is -2.47. The molecule has 0 bridgehead atoms. The van der Waals surface area contributed by atoms with Gasteiger partial charge in [-0.25, -0.2) is 19.2 Å². The van der Waals surface area contributed by atoms with Crippen LogP contribution in [0.2, 0.25) is 10.0 Å². The molecule has 12 nitrogen and oxygen atoms in total. The van der Waals surface area contributed by atoms with Crippen molar-refractivity contribution < 1.29 is 47.7 Å². The fourth-order valence-corrected chi connectivity index (χ4v) is 3.50. The molecule has 1 aromatic carbocycles. The normalized spacial score (nSPS) is 12.1. The van der Waals surface area contributed by atoms with Crippen LogP contribution in [0.4, 0.5) is 19.2 Å². The van der Waals surface area contributed by atoms with Crippen molar-refractivity contribution in [1.29, 1.82) is 0 Å². The third-order valence-electron chi connectivity index (χ3n) is 4.21. The second kappa shape index (κ2) is 12.9. The van der Waals surface area contributed by atoms with E-state index < -0.39 is 79.8 Å². The first kappa shape index (κ1) is 36.6. The highest BCUT2D eigenvalue weighted by Gasteiger charge is 2.40. The van der Waals surface area contributed by atoms with Crippen LogP contribution in [0.3, 0.4) is 0 Å². The smallest absolute Gasteiger partial charge is 0.427 e. The lowest BCUT2D eigenvalue weighted by atomic mass is 10.1. The van der Waals surface area contributed by atoms with E-state index in [0.717, 1.165) is 12.1 Å². The van der Waals surface area contributed by atoms with Crippen LogP contribution in [0.5, 0.6) is 0 Å². The summed E-state index contributed by atoms with van der Waals surface area (Å²) >= 11 is 12.7. The van der Waals surface area contributed by atoms with E-state index in [-0.39, 0.29) is 9.80 Å². The summed E-state index contributed by atoms with van der Waals surface area (Å²) in [4.78, 5) is 78.6. The van der Waals surface area contributed by atoms with E-state index in [1.165, 1.54) is 83.1 Å². The zero-order chi connectivity index (χ0) is 33.2. The zero-order valence-electron chi connectivity index (χ0n) is 25.9. The minimum Gasteiger partial charge on any atom is -0.443 e. The van der Waals surface area contributed by atoms with Gasteiger partial charge in [0.2, 0.25) is 0 Å².